The van der Waals surface area contributed by atoms with Gasteiger partial charge < -0.3 is 10.4 Å². The van der Waals surface area contributed by atoms with E-state index in [1.54, 1.807) is 30.3 Å². The topological polar surface area (TPSA) is 49.3 Å². The molecule has 0 saturated carbocycles. The Balaban J connectivity index is 1.76. The molecule has 3 aromatic rings. The van der Waals surface area contributed by atoms with E-state index in [2.05, 4.69) is 5.32 Å². The van der Waals surface area contributed by atoms with Gasteiger partial charge in [0, 0.05) is 10.6 Å². The largest absolute Gasteiger partial charge is 0.508 e. The van der Waals surface area contributed by atoms with Crippen LogP contribution in [0, 0.1) is 5.82 Å². The number of nitrogens with one attached hydrogen (secondary N) is 1. The van der Waals surface area contributed by atoms with Crippen molar-refractivity contribution < 1.29 is 14.3 Å². The lowest BCUT2D eigenvalue weighted by Crippen LogP contribution is -2.09. The maximum atomic E-state index is 12.9. The number of rotatable bonds is 3. The number of anilines is 1. The van der Waals surface area contributed by atoms with Crippen LogP contribution in [0.25, 0.3) is 10.4 Å². The molecule has 1 aromatic heterocycles. The Bertz CT molecular complexity index is 794. The first-order valence-electron chi connectivity index (χ1n) is 6.58. The number of halogens is 1. The third kappa shape index (κ3) is 3.15. The van der Waals surface area contributed by atoms with Crippen molar-refractivity contribution in [3.63, 3.8) is 0 Å². The standard InChI is InChI=1S/C17H12FNO2S/c18-12-3-1-11(2-4-12)15-9-10-16(22-15)17(21)19-13-5-7-14(20)8-6-13/h1-10,20H,(H,19,21). The Morgan fingerprint density at radius 3 is 2.32 bits per heavy atom. The first kappa shape index (κ1) is 14.3. The highest BCUT2D eigenvalue weighted by Gasteiger charge is 2.10. The Morgan fingerprint density at radius 1 is 0.955 bits per heavy atom. The molecule has 0 spiro atoms. The zero-order chi connectivity index (χ0) is 15.5. The zero-order valence-corrected chi connectivity index (χ0v) is 12.2. The van der Waals surface area contributed by atoms with Gasteiger partial charge in [-0.3, -0.25) is 4.79 Å². The van der Waals surface area contributed by atoms with Gasteiger partial charge in [0.05, 0.1) is 4.88 Å². The molecule has 22 heavy (non-hydrogen) atoms. The molecule has 2 aromatic carbocycles. The molecule has 0 aliphatic carbocycles. The molecule has 1 heterocycles. The second kappa shape index (κ2) is 5.99. The van der Waals surface area contributed by atoms with Crippen molar-refractivity contribution in [3.8, 4) is 16.2 Å². The fraction of sp³-hybridized carbons (Fsp3) is 0. The van der Waals surface area contributed by atoms with E-state index in [4.69, 9.17) is 0 Å². The lowest BCUT2D eigenvalue weighted by Gasteiger charge is -2.03. The molecular weight excluding hydrogens is 301 g/mol. The van der Waals surface area contributed by atoms with Crippen LogP contribution in [0.15, 0.2) is 60.7 Å². The van der Waals surface area contributed by atoms with Crippen molar-refractivity contribution in [2.75, 3.05) is 5.32 Å². The smallest absolute Gasteiger partial charge is 0.265 e. The molecule has 0 aliphatic heterocycles. The van der Waals surface area contributed by atoms with Gasteiger partial charge in [0.2, 0.25) is 0 Å². The monoisotopic (exact) mass is 313 g/mol. The first-order chi connectivity index (χ1) is 10.6. The SMILES string of the molecule is O=C(Nc1ccc(O)cc1)c1ccc(-c2ccc(F)cc2)s1. The second-order valence-electron chi connectivity index (χ2n) is 4.67. The molecule has 110 valence electrons. The van der Waals surface area contributed by atoms with Gasteiger partial charge in [0.1, 0.15) is 11.6 Å². The molecule has 0 aliphatic rings. The van der Waals surface area contributed by atoms with Crippen molar-refractivity contribution in [1.29, 1.82) is 0 Å². The third-order valence-electron chi connectivity index (χ3n) is 3.08. The summed E-state index contributed by atoms with van der Waals surface area (Å²) >= 11 is 1.34. The van der Waals surface area contributed by atoms with Crippen LogP contribution in [-0.2, 0) is 0 Å². The van der Waals surface area contributed by atoms with Crippen LogP contribution < -0.4 is 5.32 Å². The molecule has 1 amide bonds. The molecule has 0 bridgehead atoms. The highest BCUT2D eigenvalue weighted by atomic mass is 32.1. The van der Waals surface area contributed by atoms with E-state index in [0.29, 0.717) is 10.6 Å². The van der Waals surface area contributed by atoms with Gasteiger partial charge in [-0.2, -0.15) is 0 Å². The number of aromatic hydroxyl groups is 1. The highest BCUT2D eigenvalue weighted by molar-refractivity contribution is 7.17. The van der Waals surface area contributed by atoms with Gasteiger partial charge in [-0.1, -0.05) is 12.1 Å². The predicted octanol–water partition coefficient (Wildman–Crippen LogP) is 4.51. The van der Waals surface area contributed by atoms with Gasteiger partial charge in [-0.25, -0.2) is 4.39 Å². The number of hydrogen-bond donors (Lipinski definition) is 2. The minimum Gasteiger partial charge on any atom is -0.508 e. The molecule has 0 saturated heterocycles. The summed E-state index contributed by atoms with van der Waals surface area (Å²) in [6.45, 7) is 0. The summed E-state index contributed by atoms with van der Waals surface area (Å²) in [5.41, 5.74) is 1.48. The van der Waals surface area contributed by atoms with E-state index < -0.39 is 0 Å². The van der Waals surface area contributed by atoms with Crippen molar-refractivity contribution in [2.45, 2.75) is 0 Å². The van der Waals surface area contributed by atoms with E-state index in [1.165, 1.54) is 35.6 Å². The Hall–Kier alpha value is -2.66. The Labute approximate surface area is 130 Å². The van der Waals surface area contributed by atoms with Crippen LogP contribution in [0.5, 0.6) is 5.75 Å². The number of carbonyl (C=O) groups excluding carboxylic acids is 1. The summed E-state index contributed by atoms with van der Waals surface area (Å²) in [7, 11) is 0. The van der Waals surface area contributed by atoms with Gasteiger partial charge in [-0.15, -0.1) is 11.3 Å². The summed E-state index contributed by atoms with van der Waals surface area (Å²) in [6.07, 6.45) is 0. The summed E-state index contributed by atoms with van der Waals surface area (Å²) in [4.78, 5) is 13.6. The lowest BCUT2D eigenvalue weighted by atomic mass is 10.2. The van der Waals surface area contributed by atoms with Crippen molar-refractivity contribution in [1.82, 2.24) is 0 Å². The fourth-order valence-electron chi connectivity index (χ4n) is 1.97. The predicted molar refractivity (Wildman–Crippen MR) is 85.8 cm³/mol. The summed E-state index contributed by atoms with van der Waals surface area (Å²) in [5, 5.41) is 12.0. The van der Waals surface area contributed by atoms with E-state index in [1.807, 2.05) is 6.07 Å². The summed E-state index contributed by atoms with van der Waals surface area (Å²) in [5.74, 6) is -0.359. The minimum atomic E-state index is -0.286. The normalized spacial score (nSPS) is 10.4. The van der Waals surface area contributed by atoms with Crippen molar-refractivity contribution in [3.05, 3.63) is 71.4 Å². The molecule has 0 fully saturated rings. The van der Waals surface area contributed by atoms with Crippen LogP contribution >= 0.6 is 11.3 Å². The molecule has 0 radical (unpaired) electrons. The lowest BCUT2D eigenvalue weighted by molar-refractivity contribution is 0.103. The molecule has 2 N–H and O–H groups in total. The first-order valence-corrected chi connectivity index (χ1v) is 7.39. The van der Waals surface area contributed by atoms with Crippen LogP contribution in [0.3, 0.4) is 0 Å². The van der Waals surface area contributed by atoms with E-state index in [-0.39, 0.29) is 17.5 Å². The molecule has 3 rings (SSSR count). The second-order valence-corrected chi connectivity index (χ2v) is 5.76. The van der Waals surface area contributed by atoms with Crippen LogP contribution in [0.1, 0.15) is 9.67 Å². The maximum Gasteiger partial charge on any atom is 0.265 e. The Morgan fingerprint density at radius 2 is 1.64 bits per heavy atom. The van der Waals surface area contributed by atoms with Gasteiger partial charge >= 0.3 is 0 Å². The number of amides is 1. The number of hydrogen-bond acceptors (Lipinski definition) is 3. The van der Waals surface area contributed by atoms with Crippen LogP contribution in [-0.4, -0.2) is 11.0 Å². The van der Waals surface area contributed by atoms with E-state index >= 15 is 0 Å². The van der Waals surface area contributed by atoms with E-state index in [0.717, 1.165) is 10.4 Å². The molecule has 0 atom stereocenters. The quantitative estimate of drug-likeness (QED) is 0.699. The van der Waals surface area contributed by atoms with Crippen LogP contribution in [0.2, 0.25) is 0 Å². The third-order valence-corrected chi connectivity index (χ3v) is 4.22. The Kier molecular flexibility index (Phi) is 3.89. The van der Waals surface area contributed by atoms with Gasteiger partial charge in [-0.05, 0) is 54.1 Å². The van der Waals surface area contributed by atoms with Gasteiger partial charge in [0.15, 0.2) is 0 Å². The summed E-state index contributed by atoms with van der Waals surface area (Å²) < 4.78 is 12.9. The van der Waals surface area contributed by atoms with Crippen LogP contribution in [0.4, 0.5) is 10.1 Å². The van der Waals surface area contributed by atoms with Crippen molar-refractivity contribution in [2.24, 2.45) is 0 Å². The highest BCUT2D eigenvalue weighted by Crippen LogP contribution is 2.28. The molecule has 5 heteroatoms. The maximum absolute atomic E-state index is 12.9. The number of phenols is 1. The fourth-order valence-corrected chi connectivity index (χ4v) is 2.87. The van der Waals surface area contributed by atoms with E-state index in [9.17, 15) is 14.3 Å². The zero-order valence-electron chi connectivity index (χ0n) is 11.4. The average Bonchev–Trinajstić information content (AvgIpc) is 3.00. The van der Waals surface area contributed by atoms with Gasteiger partial charge in [0.25, 0.3) is 5.91 Å². The number of benzene rings is 2. The number of thiophene rings is 1. The molecule has 0 unspecified atom stereocenters. The number of phenolic OH excluding ortho intramolecular Hbond substituents is 1. The van der Waals surface area contributed by atoms with Crippen molar-refractivity contribution >= 4 is 22.9 Å². The average molecular weight is 313 g/mol. The molecule has 3 nitrogen and oxygen atoms in total. The number of carbonyl (C=O) groups is 1. The summed E-state index contributed by atoms with van der Waals surface area (Å²) in [6, 6.07) is 16.0. The molecular formula is C17H12FNO2S. The minimum absolute atomic E-state index is 0.146.